The third-order valence-corrected chi connectivity index (χ3v) is 3.49. The van der Waals surface area contributed by atoms with E-state index in [4.69, 9.17) is 10.8 Å². The first-order chi connectivity index (χ1) is 10.5. The Balaban J connectivity index is 0.000000406. The SMILES string of the molecule is C=CCN(CCC)CCC(=O)O.NC(=O)N1CCCCCC1. The molecule has 0 aromatic carbocycles. The van der Waals surface area contributed by atoms with Gasteiger partial charge < -0.3 is 15.7 Å². The van der Waals surface area contributed by atoms with E-state index in [1.54, 1.807) is 11.0 Å². The number of carbonyl (C=O) groups is 2. The van der Waals surface area contributed by atoms with Gasteiger partial charge in [0.2, 0.25) is 0 Å². The van der Waals surface area contributed by atoms with Crippen LogP contribution in [0.5, 0.6) is 0 Å². The molecule has 0 atom stereocenters. The maximum atomic E-state index is 10.7. The molecule has 0 unspecified atom stereocenters. The Labute approximate surface area is 134 Å². The summed E-state index contributed by atoms with van der Waals surface area (Å²) in [7, 11) is 0. The Kier molecular flexibility index (Phi) is 12.2. The average Bonchev–Trinajstić information content (AvgIpc) is 2.75. The van der Waals surface area contributed by atoms with Gasteiger partial charge in [-0.25, -0.2) is 4.79 Å². The van der Waals surface area contributed by atoms with Gasteiger partial charge in [-0.3, -0.25) is 9.69 Å². The van der Waals surface area contributed by atoms with Gasteiger partial charge in [-0.05, 0) is 25.8 Å². The van der Waals surface area contributed by atoms with Crippen LogP contribution in [-0.4, -0.2) is 59.6 Å². The number of primary amides is 1. The van der Waals surface area contributed by atoms with Crippen LogP contribution in [0.2, 0.25) is 0 Å². The summed E-state index contributed by atoms with van der Waals surface area (Å²) in [5.41, 5.74) is 5.12. The number of carboxylic acid groups (broad SMARTS) is 1. The van der Waals surface area contributed by atoms with Crippen molar-refractivity contribution in [1.29, 1.82) is 0 Å². The van der Waals surface area contributed by atoms with Crippen LogP contribution in [0.4, 0.5) is 4.79 Å². The van der Waals surface area contributed by atoms with Crippen LogP contribution in [0, 0.1) is 0 Å². The van der Waals surface area contributed by atoms with Crippen LogP contribution >= 0.6 is 0 Å². The lowest BCUT2D eigenvalue weighted by Gasteiger charge is -2.18. The van der Waals surface area contributed by atoms with Crippen molar-refractivity contribution >= 4 is 12.0 Å². The Bertz CT molecular complexity index is 327. The van der Waals surface area contributed by atoms with E-state index in [1.165, 1.54) is 12.8 Å². The summed E-state index contributed by atoms with van der Waals surface area (Å²) in [6, 6.07) is -0.262. The molecule has 128 valence electrons. The van der Waals surface area contributed by atoms with Gasteiger partial charge in [-0.2, -0.15) is 0 Å². The van der Waals surface area contributed by atoms with Crippen LogP contribution in [0.3, 0.4) is 0 Å². The highest BCUT2D eigenvalue weighted by atomic mass is 16.4. The molecule has 1 fully saturated rings. The molecule has 1 aliphatic rings. The molecule has 0 aromatic heterocycles. The van der Waals surface area contributed by atoms with Crippen LogP contribution < -0.4 is 5.73 Å². The second kappa shape index (κ2) is 13.1. The number of nitrogens with two attached hydrogens (primary N) is 1. The molecule has 6 nitrogen and oxygen atoms in total. The Morgan fingerprint density at radius 2 is 1.82 bits per heavy atom. The van der Waals surface area contributed by atoms with E-state index < -0.39 is 5.97 Å². The van der Waals surface area contributed by atoms with Gasteiger partial charge in [0, 0.05) is 26.2 Å². The van der Waals surface area contributed by atoms with E-state index in [-0.39, 0.29) is 12.5 Å². The summed E-state index contributed by atoms with van der Waals surface area (Å²) < 4.78 is 0. The van der Waals surface area contributed by atoms with E-state index in [0.29, 0.717) is 6.54 Å². The predicted octanol–water partition coefficient (Wildman–Crippen LogP) is 2.30. The van der Waals surface area contributed by atoms with E-state index in [1.807, 2.05) is 0 Å². The van der Waals surface area contributed by atoms with Gasteiger partial charge in [0.15, 0.2) is 0 Å². The third-order valence-electron chi connectivity index (χ3n) is 3.49. The lowest BCUT2D eigenvalue weighted by molar-refractivity contribution is -0.137. The summed E-state index contributed by atoms with van der Waals surface area (Å²) in [5.74, 6) is -0.736. The zero-order valence-corrected chi connectivity index (χ0v) is 13.8. The van der Waals surface area contributed by atoms with Crippen molar-refractivity contribution in [2.75, 3.05) is 32.7 Å². The first-order valence-corrected chi connectivity index (χ1v) is 8.10. The summed E-state index contributed by atoms with van der Waals surface area (Å²) in [5, 5.41) is 8.45. The molecule has 1 saturated heterocycles. The monoisotopic (exact) mass is 313 g/mol. The lowest BCUT2D eigenvalue weighted by atomic mass is 10.2. The largest absolute Gasteiger partial charge is 0.481 e. The number of amides is 2. The predicted molar refractivity (Wildman–Crippen MR) is 88.8 cm³/mol. The minimum absolute atomic E-state index is 0.216. The molecule has 0 bridgehead atoms. The fraction of sp³-hybridized carbons (Fsp3) is 0.750. The van der Waals surface area contributed by atoms with Gasteiger partial charge in [-0.15, -0.1) is 6.58 Å². The number of hydrogen-bond donors (Lipinski definition) is 2. The second-order valence-corrected chi connectivity index (χ2v) is 5.47. The summed E-state index contributed by atoms with van der Waals surface area (Å²) in [6.45, 7) is 9.76. The van der Waals surface area contributed by atoms with E-state index in [9.17, 15) is 9.59 Å². The molecular weight excluding hydrogens is 282 g/mol. The van der Waals surface area contributed by atoms with E-state index in [2.05, 4.69) is 18.4 Å². The second-order valence-electron chi connectivity index (χ2n) is 5.47. The standard InChI is InChI=1S/C9H17NO2.C7H14N2O/c1-3-6-10(7-4-2)8-5-9(11)12;8-7(10)9-5-3-1-2-4-6-9/h3H,1,4-8H2,2H3,(H,11,12);1-6H2,(H2,8,10). The molecule has 0 aliphatic carbocycles. The van der Waals surface area contributed by atoms with E-state index >= 15 is 0 Å². The minimum atomic E-state index is -0.736. The number of urea groups is 1. The number of aliphatic carboxylic acids is 1. The van der Waals surface area contributed by atoms with Gasteiger partial charge in [-0.1, -0.05) is 25.8 Å². The Morgan fingerprint density at radius 3 is 2.23 bits per heavy atom. The van der Waals surface area contributed by atoms with Crippen LogP contribution in [0.15, 0.2) is 12.7 Å². The number of rotatable bonds is 7. The lowest BCUT2D eigenvalue weighted by Crippen LogP contribution is -2.36. The summed E-state index contributed by atoms with van der Waals surface area (Å²) in [4.78, 5) is 24.7. The molecule has 22 heavy (non-hydrogen) atoms. The molecule has 1 aliphatic heterocycles. The molecule has 6 heteroatoms. The molecule has 1 heterocycles. The normalized spacial score (nSPS) is 14.7. The molecule has 3 N–H and O–H groups in total. The number of nitrogens with zero attached hydrogens (tertiary/aromatic N) is 2. The van der Waals surface area contributed by atoms with Crippen LogP contribution in [-0.2, 0) is 4.79 Å². The smallest absolute Gasteiger partial charge is 0.314 e. The Morgan fingerprint density at radius 1 is 1.23 bits per heavy atom. The number of hydrogen-bond acceptors (Lipinski definition) is 3. The molecule has 0 radical (unpaired) electrons. The first-order valence-electron chi connectivity index (χ1n) is 8.10. The number of carboxylic acids is 1. The van der Waals surface area contributed by atoms with Crippen molar-refractivity contribution in [3.63, 3.8) is 0 Å². The Hall–Kier alpha value is -1.56. The van der Waals surface area contributed by atoms with Crippen molar-refractivity contribution in [3.05, 3.63) is 12.7 Å². The van der Waals surface area contributed by atoms with Gasteiger partial charge in [0.1, 0.15) is 0 Å². The number of likely N-dealkylation sites (tertiary alicyclic amines) is 1. The van der Waals surface area contributed by atoms with E-state index in [0.717, 1.165) is 45.4 Å². The molecule has 0 saturated carbocycles. The molecular formula is C16H31N3O3. The highest BCUT2D eigenvalue weighted by molar-refractivity contribution is 5.71. The molecule has 2 amide bonds. The van der Waals surface area contributed by atoms with Gasteiger partial charge >= 0.3 is 12.0 Å². The minimum Gasteiger partial charge on any atom is -0.481 e. The molecule has 0 spiro atoms. The quantitative estimate of drug-likeness (QED) is 0.706. The maximum Gasteiger partial charge on any atom is 0.314 e. The highest BCUT2D eigenvalue weighted by Crippen LogP contribution is 2.08. The zero-order valence-electron chi connectivity index (χ0n) is 13.8. The average molecular weight is 313 g/mol. The van der Waals surface area contributed by atoms with Crippen LogP contribution in [0.1, 0.15) is 45.4 Å². The third kappa shape index (κ3) is 11.1. The number of carbonyl (C=O) groups excluding carboxylic acids is 1. The molecule has 1 rings (SSSR count). The summed E-state index contributed by atoms with van der Waals surface area (Å²) in [6.07, 6.45) is 7.78. The van der Waals surface area contributed by atoms with Crippen molar-refractivity contribution in [2.24, 2.45) is 5.73 Å². The molecule has 0 aromatic rings. The van der Waals surface area contributed by atoms with Gasteiger partial charge in [0.25, 0.3) is 0 Å². The van der Waals surface area contributed by atoms with Crippen molar-refractivity contribution in [2.45, 2.75) is 45.4 Å². The topological polar surface area (TPSA) is 86.9 Å². The van der Waals surface area contributed by atoms with Gasteiger partial charge in [0.05, 0.1) is 6.42 Å². The van der Waals surface area contributed by atoms with Crippen molar-refractivity contribution in [1.82, 2.24) is 9.80 Å². The summed E-state index contributed by atoms with van der Waals surface area (Å²) >= 11 is 0. The highest BCUT2D eigenvalue weighted by Gasteiger charge is 2.10. The fourth-order valence-electron chi connectivity index (χ4n) is 2.34. The zero-order chi connectivity index (χ0) is 16.8. The first kappa shape index (κ1) is 20.4. The van der Waals surface area contributed by atoms with Crippen molar-refractivity contribution in [3.8, 4) is 0 Å². The van der Waals surface area contributed by atoms with Crippen LogP contribution in [0.25, 0.3) is 0 Å². The maximum absolute atomic E-state index is 10.7. The van der Waals surface area contributed by atoms with Crippen molar-refractivity contribution < 1.29 is 14.7 Å². The fourth-order valence-corrected chi connectivity index (χ4v) is 2.34.